The number of hydrogen-bond donors (Lipinski definition) is 0. The van der Waals surface area contributed by atoms with Gasteiger partial charge in [0.15, 0.2) is 0 Å². The number of halogens is 2. The number of aryl methyl sites for hydroxylation is 1. The zero-order valence-electron chi connectivity index (χ0n) is 5.00. The average Bonchev–Trinajstić information content (AvgIpc) is 1.86. The molecule has 0 saturated heterocycles. The van der Waals surface area contributed by atoms with E-state index in [9.17, 15) is 0 Å². The predicted molar refractivity (Wildman–Crippen MR) is 38.7 cm³/mol. The SMILES string of the molecule is Cl.Cl.Cn1[c-]ccc1.[Ce]. The Bertz CT molecular complexity index is 119. The summed E-state index contributed by atoms with van der Waals surface area (Å²) in [5, 5.41) is 0. The van der Waals surface area contributed by atoms with Gasteiger partial charge in [-0.05, 0) is 7.05 Å². The van der Waals surface area contributed by atoms with Crippen molar-refractivity contribution in [3.63, 3.8) is 0 Å². The zero-order valence-corrected chi connectivity index (χ0v) is 9.77. The number of nitrogens with zero attached hydrogens (tertiary/aromatic N) is 1. The van der Waals surface area contributed by atoms with Crippen LogP contribution in [0.3, 0.4) is 0 Å². The van der Waals surface area contributed by atoms with Gasteiger partial charge in [-0.1, -0.05) is 0 Å². The summed E-state index contributed by atoms with van der Waals surface area (Å²) in [6.07, 6.45) is 4.86. The maximum Gasteiger partial charge on any atom is 0 e. The number of hydrogen-bond acceptors (Lipinski definition) is 0. The summed E-state index contributed by atoms with van der Waals surface area (Å²) in [4.78, 5) is 0. The van der Waals surface area contributed by atoms with Crippen LogP contribution in [0.1, 0.15) is 0 Å². The fourth-order valence-corrected chi connectivity index (χ4v) is 0.376. The molecule has 0 amide bonds. The Morgan fingerprint density at radius 2 is 1.89 bits per heavy atom. The van der Waals surface area contributed by atoms with Crippen LogP contribution in [0, 0.1) is 47.9 Å². The monoisotopic (exact) mass is 292 g/mol. The molecule has 4 heteroatoms. The van der Waals surface area contributed by atoms with E-state index in [0.717, 1.165) is 0 Å². The molecule has 0 N–H and O–H groups in total. The largest absolute Gasteiger partial charge is 0.473 e. The molecule has 0 fully saturated rings. The third-order valence-corrected chi connectivity index (χ3v) is 0.684. The van der Waals surface area contributed by atoms with E-state index in [-0.39, 0.29) is 66.6 Å². The van der Waals surface area contributed by atoms with Gasteiger partial charge in [0.05, 0.1) is 0 Å². The molecule has 52 valence electrons. The van der Waals surface area contributed by atoms with E-state index in [2.05, 4.69) is 6.20 Å². The van der Waals surface area contributed by atoms with E-state index in [1.165, 1.54) is 0 Å². The van der Waals surface area contributed by atoms with Crippen molar-refractivity contribution >= 4 is 24.8 Å². The van der Waals surface area contributed by atoms with Crippen molar-refractivity contribution in [3.8, 4) is 0 Å². The summed E-state index contributed by atoms with van der Waals surface area (Å²) in [6.45, 7) is 0. The molecule has 0 bridgehead atoms. The van der Waals surface area contributed by atoms with E-state index >= 15 is 0 Å². The Morgan fingerprint density at radius 3 is 2.00 bits per heavy atom. The molecular weight excluding hydrogens is 285 g/mol. The maximum atomic E-state index is 2.92. The van der Waals surface area contributed by atoms with Crippen molar-refractivity contribution in [2.75, 3.05) is 0 Å². The summed E-state index contributed by atoms with van der Waals surface area (Å²) in [5.41, 5.74) is 0. The summed E-state index contributed by atoms with van der Waals surface area (Å²) < 4.78 is 1.88. The molecule has 0 aliphatic heterocycles. The number of aromatic nitrogens is 1. The summed E-state index contributed by atoms with van der Waals surface area (Å²) in [7, 11) is 1.94. The molecular formula is C5H8CeCl2N-. The fraction of sp³-hybridized carbons (Fsp3) is 0.200. The van der Waals surface area contributed by atoms with Gasteiger partial charge >= 0.3 is 0 Å². The van der Waals surface area contributed by atoms with Gasteiger partial charge in [0.25, 0.3) is 0 Å². The van der Waals surface area contributed by atoms with Gasteiger partial charge in [0.2, 0.25) is 0 Å². The van der Waals surface area contributed by atoms with Crippen molar-refractivity contribution in [1.29, 1.82) is 0 Å². The third kappa shape index (κ3) is 7.13. The molecule has 0 aromatic carbocycles. The minimum Gasteiger partial charge on any atom is -0.473 e. The number of rotatable bonds is 0. The first kappa shape index (κ1) is 16.7. The smallest absolute Gasteiger partial charge is 0 e. The van der Waals surface area contributed by atoms with E-state index < -0.39 is 0 Å². The zero-order chi connectivity index (χ0) is 4.41. The van der Waals surface area contributed by atoms with Crippen molar-refractivity contribution < 1.29 is 41.7 Å². The van der Waals surface area contributed by atoms with Crippen LogP contribution in [0.5, 0.6) is 0 Å². The van der Waals surface area contributed by atoms with Gasteiger partial charge in [-0.25, -0.2) is 0 Å². The van der Waals surface area contributed by atoms with E-state index in [1.54, 1.807) is 0 Å². The van der Waals surface area contributed by atoms with Crippen LogP contribution in [0.15, 0.2) is 18.3 Å². The second-order valence-corrected chi connectivity index (χ2v) is 1.25. The molecule has 0 unspecified atom stereocenters. The molecule has 0 aliphatic rings. The van der Waals surface area contributed by atoms with Gasteiger partial charge in [-0.15, -0.1) is 37.2 Å². The molecule has 0 atom stereocenters. The topological polar surface area (TPSA) is 4.93 Å². The van der Waals surface area contributed by atoms with Crippen molar-refractivity contribution in [1.82, 2.24) is 4.57 Å². The van der Waals surface area contributed by atoms with Crippen LogP contribution in [0.2, 0.25) is 0 Å². The third-order valence-electron chi connectivity index (χ3n) is 0.684. The van der Waals surface area contributed by atoms with Gasteiger partial charge in [0.1, 0.15) is 0 Å². The van der Waals surface area contributed by atoms with E-state index in [1.807, 2.05) is 29.9 Å². The Kier molecular flexibility index (Phi) is 17.1. The summed E-state index contributed by atoms with van der Waals surface area (Å²) in [6, 6.07) is 3.82. The average molecular weight is 293 g/mol. The first-order chi connectivity index (χ1) is 2.89. The molecule has 0 radical (unpaired) electrons. The van der Waals surface area contributed by atoms with Crippen LogP contribution in [0.25, 0.3) is 0 Å². The molecule has 1 aromatic heterocycles. The van der Waals surface area contributed by atoms with Gasteiger partial charge in [-0.2, -0.15) is 12.1 Å². The van der Waals surface area contributed by atoms with E-state index in [0.29, 0.717) is 0 Å². The van der Waals surface area contributed by atoms with Crippen molar-refractivity contribution in [2.24, 2.45) is 7.05 Å². The Hall–Kier alpha value is 1.24. The maximum absolute atomic E-state index is 2.92. The first-order valence-corrected chi connectivity index (χ1v) is 1.88. The van der Waals surface area contributed by atoms with Crippen LogP contribution in [-0.2, 0) is 7.05 Å². The van der Waals surface area contributed by atoms with Crippen molar-refractivity contribution in [3.05, 3.63) is 24.5 Å². The predicted octanol–water partition coefficient (Wildman–Crippen LogP) is 1.67. The van der Waals surface area contributed by atoms with Crippen molar-refractivity contribution in [2.45, 2.75) is 0 Å². The molecule has 9 heavy (non-hydrogen) atoms. The Balaban J connectivity index is -0.000000120. The van der Waals surface area contributed by atoms with E-state index in [4.69, 9.17) is 0 Å². The minimum atomic E-state index is 0. The normalized spacial score (nSPS) is 5.89. The van der Waals surface area contributed by atoms with Crippen LogP contribution < -0.4 is 0 Å². The Labute approximate surface area is 101 Å². The van der Waals surface area contributed by atoms with Crippen LogP contribution in [-0.4, -0.2) is 4.57 Å². The molecule has 0 aliphatic carbocycles. The molecule has 0 spiro atoms. The molecule has 1 heterocycles. The van der Waals surface area contributed by atoms with Crippen LogP contribution in [0.4, 0.5) is 0 Å². The minimum absolute atomic E-state index is 0. The standard InChI is InChI=1S/C5H6N.Ce.2ClH/c1-6-4-2-3-5-6;;;/h2-4H,1H3;;2*1H/q-1;;;. The fourth-order valence-electron chi connectivity index (χ4n) is 0.376. The van der Waals surface area contributed by atoms with Gasteiger partial charge < -0.3 is 4.57 Å². The molecule has 0 saturated carbocycles. The molecule has 1 nitrogen and oxygen atoms in total. The second kappa shape index (κ2) is 9.24. The van der Waals surface area contributed by atoms with Gasteiger partial charge in [-0.3, -0.25) is 0 Å². The van der Waals surface area contributed by atoms with Gasteiger partial charge in [0, 0.05) is 41.7 Å². The van der Waals surface area contributed by atoms with Crippen LogP contribution >= 0.6 is 24.8 Å². The Morgan fingerprint density at radius 1 is 1.33 bits per heavy atom. The summed E-state index contributed by atoms with van der Waals surface area (Å²) >= 11 is 0. The molecule has 1 aromatic rings. The first-order valence-electron chi connectivity index (χ1n) is 1.88. The quantitative estimate of drug-likeness (QED) is 0.641. The second-order valence-electron chi connectivity index (χ2n) is 1.25. The summed E-state index contributed by atoms with van der Waals surface area (Å²) in [5.74, 6) is 0. The molecule has 1 rings (SSSR count).